The summed E-state index contributed by atoms with van der Waals surface area (Å²) < 4.78 is 1.10. The van der Waals surface area contributed by atoms with Gasteiger partial charge in [0.2, 0.25) is 5.91 Å². The quantitative estimate of drug-likeness (QED) is 0.249. The Morgan fingerprint density at radius 2 is 1.90 bits per heavy atom. The first kappa shape index (κ1) is 20.6. The number of thioether (sulfide) groups is 1. The van der Waals surface area contributed by atoms with Crippen LogP contribution in [0.3, 0.4) is 0 Å². The molecular formula is C24H23N3OS2. The summed E-state index contributed by atoms with van der Waals surface area (Å²) in [4.78, 5) is 25.3. The molecule has 0 atom stereocenters. The Morgan fingerprint density at radius 1 is 1.07 bits per heavy atom. The first-order valence-electron chi connectivity index (χ1n) is 9.94. The Balaban J connectivity index is 1.48. The highest BCUT2D eigenvalue weighted by Gasteiger charge is 2.20. The van der Waals surface area contributed by atoms with Crippen LogP contribution in [0.25, 0.3) is 10.2 Å². The van der Waals surface area contributed by atoms with E-state index in [2.05, 4.69) is 36.2 Å². The van der Waals surface area contributed by atoms with Gasteiger partial charge in [-0.3, -0.25) is 14.7 Å². The second-order valence-corrected chi connectivity index (χ2v) is 9.21. The molecule has 0 spiro atoms. The zero-order valence-corrected chi connectivity index (χ0v) is 18.5. The van der Waals surface area contributed by atoms with Crippen LogP contribution in [-0.2, 0) is 11.3 Å². The Morgan fingerprint density at radius 3 is 2.70 bits per heavy atom. The van der Waals surface area contributed by atoms with Crippen LogP contribution < -0.4 is 4.90 Å². The van der Waals surface area contributed by atoms with Crippen molar-refractivity contribution < 1.29 is 4.79 Å². The monoisotopic (exact) mass is 433 g/mol. The van der Waals surface area contributed by atoms with Gasteiger partial charge in [0.05, 0.1) is 22.5 Å². The molecule has 0 aliphatic heterocycles. The van der Waals surface area contributed by atoms with Crippen molar-refractivity contribution in [2.45, 2.75) is 31.2 Å². The summed E-state index contributed by atoms with van der Waals surface area (Å²) >= 11 is 3.35. The zero-order valence-electron chi connectivity index (χ0n) is 16.8. The molecule has 0 fully saturated rings. The van der Waals surface area contributed by atoms with E-state index in [-0.39, 0.29) is 5.91 Å². The number of aromatic nitrogens is 2. The molecule has 0 unspecified atom stereocenters. The highest BCUT2D eigenvalue weighted by atomic mass is 32.2. The van der Waals surface area contributed by atoms with Crippen LogP contribution >= 0.6 is 23.1 Å². The number of anilines is 1. The largest absolute Gasteiger partial charge is 0.282 e. The standard InChI is InChI=1S/C24H23N3OS2/c1-18-12-13-21-22(16-18)30-24(26-21)27(17-19-8-5-6-14-25-19)23(28)11-7-15-29-20-9-3-2-4-10-20/h2-6,8-10,12-14,16H,7,11,15,17H2,1H3. The van der Waals surface area contributed by atoms with E-state index in [1.807, 2.05) is 42.5 Å². The number of carbonyl (C=O) groups is 1. The van der Waals surface area contributed by atoms with Crippen molar-refractivity contribution in [2.75, 3.05) is 10.7 Å². The molecule has 4 nitrogen and oxygen atoms in total. The summed E-state index contributed by atoms with van der Waals surface area (Å²) in [7, 11) is 0. The van der Waals surface area contributed by atoms with Crippen molar-refractivity contribution in [3.63, 3.8) is 0 Å². The normalized spacial score (nSPS) is 11.0. The van der Waals surface area contributed by atoms with Gasteiger partial charge in [-0.15, -0.1) is 11.8 Å². The molecule has 0 aliphatic rings. The highest BCUT2D eigenvalue weighted by Crippen LogP contribution is 2.31. The van der Waals surface area contributed by atoms with Crippen LogP contribution in [0.1, 0.15) is 24.1 Å². The molecule has 2 aromatic carbocycles. The summed E-state index contributed by atoms with van der Waals surface area (Å²) in [6.45, 7) is 2.50. The number of pyridine rings is 1. The van der Waals surface area contributed by atoms with Crippen LogP contribution in [0, 0.1) is 6.92 Å². The third kappa shape index (κ3) is 5.26. The summed E-state index contributed by atoms with van der Waals surface area (Å²) in [5.74, 6) is 0.997. The fourth-order valence-corrected chi connectivity index (χ4v) is 5.07. The first-order valence-corrected chi connectivity index (χ1v) is 11.7. The minimum Gasteiger partial charge on any atom is -0.282 e. The third-order valence-electron chi connectivity index (χ3n) is 4.66. The van der Waals surface area contributed by atoms with E-state index in [1.54, 1.807) is 34.2 Å². The lowest BCUT2D eigenvalue weighted by Gasteiger charge is -2.19. The van der Waals surface area contributed by atoms with Gasteiger partial charge in [-0.25, -0.2) is 4.98 Å². The lowest BCUT2D eigenvalue weighted by atomic mass is 10.2. The van der Waals surface area contributed by atoms with Crippen LogP contribution in [0.15, 0.2) is 77.8 Å². The van der Waals surface area contributed by atoms with Crippen molar-refractivity contribution in [3.05, 3.63) is 84.2 Å². The minimum absolute atomic E-state index is 0.0880. The molecule has 1 amide bonds. The van der Waals surface area contributed by atoms with Crippen LogP contribution in [0.5, 0.6) is 0 Å². The number of thiazole rings is 1. The number of benzene rings is 2. The lowest BCUT2D eigenvalue weighted by Crippen LogP contribution is -2.30. The molecule has 6 heteroatoms. The molecular weight excluding hydrogens is 410 g/mol. The van der Waals surface area contributed by atoms with Gasteiger partial charge in [-0.2, -0.15) is 0 Å². The second-order valence-electron chi connectivity index (χ2n) is 7.03. The van der Waals surface area contributed by atoms with Crippen molar-refractivity contribution in [1.29, 1.82) is 0 Å². The van der Waals surface area contributed by atoms with Gasteiger partial charge in [-0.05, 0) is 61.1 Å². The molecule has 152 valence electrons. The van der Waals surface area contributed by atoms with Crippen molar-refractivity contribution in [3.8, 4) is 0 Å². The van der Waals surface area contributed by atoms with Crippen molar-refractivity contribution in [1.82, 2.24) is 9.97 Å². The maximum Gasteiger partial charge on any atom is 0.229 e. The molecule has 0 saturated carbocycles. The molecule has 0 radical (unpaired) electrons. The second kappa shape index (κ2) is 9.87. The summed E-state index contributed by atoms with van der Waals surface area (Å²) in [6, 6.07) is 22.3. The third-order valence-corrected chi connectivity index (χ3v) is 6.80. The molecule has 0 bridgehead atoms. The molecule has 0 N–H and O–H groups in total. The summed E-state index contributed by atoms with van der Waals surface area (Å²) in [6.07, 6.45) is 3.07. The van der Waals surface area contributed by atoms with Gasteiger partial charge in [0.1, 0.15) is 0 Å². The Hall–Kier alpha value is -2.70. The van der Waals surface area contributed by atoms with Crippen LogP contribution in [-0.4, -0.2) is 21.6 Å². The van der Waals surface area contributed by atoms with Gasteiger partial charge < -0.3 is 0 Å². The number of fused-ring (bicyclic) bond motifs is 1. The molecule has 2 heterocycles. The minimum atomic E-state index is 0.0880. The Labute approximate surface area is 185 Å². The van der Waals surface area contributed by atoms with Gasteiger partial charge in [0.15, 0.2) is 5.13 Å². The number of aryl methyl sites for hydroxylation is 1. The summed E-state index contributed by atoms with van der Waals surface area (Å²) in [5, 5.41) is 0.738. The van der Waals surface area contributed by atoms with Gasteiger partial charge in [-0.1, -0.05) is 41.7 Å². The van der Waals surface area contributed by atoms with E-state index < -0.39 is 0 Å². The predicted octanol–water partition coefficient (Wildman–Crippen LogP) is 6.11. The van der Waals surface area contributed by atoms with E-state index >= 15 is 0 Å². The fourth-order valence-electron chi connectivity index (χ4n) is 3.12. The lowest BCUT2D eigenvalue weighted by molar-refractivity contribution is -0.118. The Kier molecular flexibility index (Phi) is 6.77. The van der Waals surface area contributed by atoms with E-state index in [0.717, 1.165) is 33.2 Å². The average Bonchev–Trinajstić information content (AvgIpc) is 3.19. The van der Waals surface area contributed by atoms with Crippen molar-refractivity contribution in [2.24, 2.45) is 0 Å². The molecule has 0 saturated heterocycles. The van der Waals surface area contributed by atoms with Crippen LogP contribution in [0.4, 0.5) is 5.13 Å². The fraction of sp³-hybridized carbons (Fsp3) is 0.208. The van der Waals surface area contributed by atoms with Gasteiger partial charge in [0.25, 0.3) is 0 Å². The smallest absolute Gasteiger partial charge is 0.229 e. The van der Waals surface area contributed by atoms with E-state index in [4.69, 9.17) is 4.98 Å². The van der Waals surface area contributed by atoms with Crippen molar-refractivity contribution >= 4 is 44.4 Å². The molecule has 30 heavy (non-hydrogen) atoms. The van der Waals surface area contributed by atoms with Gasteiger partial charge in [0, 0.05) is 17.5 Å². The maximum absolute atomic E-state index is 13.2. The predicted molar refractivity (Wildman–Crippen MR) is 126 cm³/mol. The average molecular weight is 434 g/mol. The highest BCUT2D eigenvalue weighted by molar-refractivity contribution is 7.99. The van der Waals surface area contributed by atoms with Gasteiger partial charge >= 0.3 is 0 Å². The number of carbonyl (C=O) groups excluding carboxylic acids is 1. The SMILES string of the molecule is Cc1ccc2nc(N(Cc3ccccn3)C(=O)CCCSc3ccccc3)sc2c1. The number of amides is 1. The first-order chi connectivity index (χ1) is 14.7. The van der Waals surface area contributed by atoms with E-state index in [0.29, 0.717) is 13.0 Å². The maximum atomic E-state index is 13.2. The zero-order chi connectivity index (χ0) is 20.8. The number of hydrogen-bond acceptors (Lipinski definition) is 5. The topological polar surface area (TPSA) is 46.1 Å². The molecule has 0 aliphatic carbocycles. The number of hydrogen-bond donors (Lipinski definition) is 0. The van der Waals surface area contributed by atoms with E-state index in [1.165, 1.54) is 10.5 Å². The number of rotatable bonds is 8. The Bertz CT molecular complexity index is 1110. The molecule has 4 rings (SSSR count). The van der Waals surface area contributed by atoms with Crippen LogP contribution in [0.2, 0.25) is 0 Å². The number of nitrogens with zero attached hydrogens (tertiary/aromatic N) is 3. The molecule has 4 aromatic rings. The summed E-state index contributed by atoms with van der Waals surface area (Å²) in [5.41, 5.74) is 2.98. The van der Waals surface area contributed by atoms with E-state index in [9.17, 15) is 4.79 Å². The molecule has 2 aromatic heterocycles.